The van der Waals surface area contributed by atoms with Crippen LogP contribution in [0.3, 0.4) is 0 Å². The monoisotopic (exact) mass is 274 g/mol. The lowest BCUT2D eigenvalue weighted by Crippen LogP contribution is -2.15. The van der Waals surface area contributed by atoms with Crippen LogP contribution in [-0.2, 0) is 6.42 Å². The first kappa shape index (κ1) is 13.9. The highest BCUT2D eigenvalue weighted by molar-refractivity contribution is 6.07. The maximum Gasteiger partial charge on any atom is 0.278 e. The van der Waals surface area contributed by atoms with Gasteiger partial charge in [-0.2, -0.15) is 5.10 Å². The third kappa shape index (κ3) is 2.74. The molecule has 1 aromatic heterocycles. The van der Waals surface area contributed by atoms with Gasteiger partial charge in [-0.3, -0.25) is 9.89 Å². The molecule has 0 aliphatic heterocycles. The Morgan fingerprint density at radius 1 is 1.40 bits per heavy atom. The molecule has 0 unspecified atom stereocenters. The molecule has 2 aromatic rings. The number of amides is 1. The fourth-order valence-corrected chi connectivity index (χ4v) is 1.86. The number of nitrogens with one attached hydrogen (secondary N) is 2. The molecule has 20 heavy (non-hydrogen) atoms. The van der Waals surface area contributed by atoms with Crippen molar-refractivity contribution in [3.05, 3.63) is 35.7 Å². The molecule has 6 nitrogen and oxygen atoms in total. The average Bonchev–Trinajstić information content (AvgIpc) is 2.82. The van der Waals surface area contributed by atoms with Crippen molar-refractivity contribution >= 4 is 17.3 Å². The fourth-order valence-electron chi connectivity index (χ4n) is 1.86. The Kier molecular flexibility index (Phi) is 4.24. The maximum atomic E-state index is 12.2. The second-order valence-electron chi connectivity index (χ2n) is 4.20. The van der Waals surface area contributed by atoms with Crippen LogP contribution in [-0.4, -0.2) is 22.7 Å². The zero-order valence-corrected chi connectivity index (χ0v) is 11.6. The summed E-state index contributed by atoms with van der Waals surface area (Å²) in [5.74, 6) is 0.263. The molecule has 0 radical (unpaired) electrons. The Morgan fingerprint density at radius 2 is 2.15 bits per heavy atom. The number of H-pyrrole nitrogens is 1. The van der Waals surface area contributed by atoms with E-state index in [1.807, 2.05) is 26.0 Å². The number of benzene rings is 1. The zero-order valence-electron chi connectivity index (χ0n) is 11.6. The minimum Gasteiger partial charge on any atom is -0.492 e. The molecule has 1 amide bonds. The third-order valence-corrected chi connectivity index (χ3v) is 2.89. The van der Waals surface area contributed by atoms with E-state index >= 15 is 0 Å². The highest BCUT2D eigenvalue weighted by Crippen LogP contribution is 2.25. The lowest BCUT2D eigenvalue weighted by atomic mass is 10.2. The number of para-hydroxylation sites is 2. The molecule has 4 N–H and O–H groups in total. The number of rotatable bonds is 5. The lowest BCUT2D eigenvalue weighted by molar-refractivity contribution is 0.102. The first-order valence-corrected chi connectivity index (χ1v) is 6.53. The Labute approximate surface area is 117 Å². The summed E-state index contributed by atoms with van der Waals surface area (Å²) in [6, 6.07) is 7.24. The molecule has 6 heteroatoms. The molecular weight excluding hydrogens is 256 g/mol. The van der Waals surface area contributed by atoms with Crippen molar-refractivity contribution in [2.45, 2.75) is 20.3 Å². The molecule has 0 aliphatic carbocycles. The van der Waals surface area contributed by atoms with Crippen LogP contribution in [0.25, 0.3) is 0 Å². The number of carbonyl (C=O) groups is 1. The summed E-state index contributed by atoms with van der Waals surface area (Å²) in [5.41, 5.74) is 7.82. The highest BCUT2D eigenvalue weighted by Gasteiger charge is 2.17. The van der Waals surface area contributed by atoms with Crippen molar-refractivity contribution in [2.24, 2.45) is 0 Å². The Hall–Kier alpha value is -2.50. The number of anilines is 2. The lowest BCUT2D eigenvalue weighted by Gasteiger charge is -2.10. The van der Waals surface area contributed by atoms with Crippen LogP contribution in [0.1, 0.15) is 30.0 Å². The van der Waals surface area contributed by atoms with Crippen molar-refractivity contribution < 1.29 is 9.53 Å². The molecule has 0 bridgehead atoms. The summed E-state index contributed by atoms with van der Waals surface area (Å²) < 4.78 is 5.46. The Bertz CT molecular complexity index is 607. The van der Waals surface area contributed by atoms with E-state index in [-0.39, 0.29) is 11.6 Å². The molecule has 1 aromatic carbocycles. The van der Waals surface area contributed by atoms with Crippen molar-refractivity contribution in [2.75, 3.05) is 17.7 Å². The van der Waals surface area contributed by atoms with Crippen molar-refractivity contribution in [1.29, 1.82) is 0 Å². The quantitative estimate of drug-likeness (QED) is 0.779. The highest BCUT2D eigenvalue weighted by atomic mass is 16.5. The third-order valence-electron chi connectivity index (χ3n) is 2.89. The van der Waals surface area contributed by atoms with Crippen LogP contribution in [0, 0.1) is 0 Å². The topological polar surface area (TPSA) is 93.0 Å². The van der Waals surface area contributed by atoms with Gasteiger partial charge >= 0.3 is 0 Å². The number of nitrogens with two attached hydrogens (primary N) is 1. The van der Waals surface area contributed by atoms with Gasteiger partial charge in [0.1, 0.15) is 5.75 Å². The number of aromatic nitrogens is 2. The van der Waals surface area contributed by atoms with Crippen LogP contribution < -0.4 is 15.8 Å². The second kappa shape index (κ2) is 6.10. The summed E-state index contributed by atoms with van der Waals surface area (Å²) in [6.07, 6.45) is 0.696. The molecule has 106 valence electrons. The van der Waals surface area contributed by atoms with Gasteiger partial charge in [0.25, 0.3) is 5.91 Å². The molecule has 0 fully saturated rings. The minimum absolute atomic E-state index is 0.202. The maximum absolute atomic E-state index is 12.2. The number of ether oxygens (including phenoxy) is 1. The first-order valence-electron chi connectivity index (χ1n) is 6.53. The van der Waals surface area contributed by atoms with Crippen molar-refractivity contribution in [1.82, 2.24) is 10.2 Å². The number of nitrogens with zero attached hydrogens (tertiary/aromatic N) is 1. The summed E-state index contributed by atoms with van der Waals surface area (Å²) >= 11 is 0. The van der Waals surface area contributed by atoms with E-state index in [9.17, 15) is 4.79 Å². The smallest absolute Gasteiger partial charge is 0.278 e. The molecule has 0 spiro atoms. The second-order valence-corrected chi connectivity index (χ2v) is 4.20. The van der Waals surface area contributed by atoms with E-state index in [1.165, 1.54) is 0 Å². The normalized spacial score (nSPS) is 10.3. The van der Waals surface area contributed by atoms with E-state index in [4.69, 9.17) is 10.5 Å². The van der Waals surface area contributed by atoms with Gasteiger partial charge in [-0.25, -0.2) is 0 Å². The van der Waals surface area contributed by atoms with Gasteiger partial charge in [0.2, 0.25) is 0 Å². The van der Waals surface area contributed by atoms with Gasteiger partial charge < -0.3 is 15.8 Å². The minimum atomic E-state index is -0.356. The number of hydrogen-bond donors (Lipinski definition) is 3. The van der Waals surface area contributed by atoms with E-state index < -0.39 is 0 Å². The number of hydrogen-bond acceptors (Lipinski definition) is 4. The standard InChI is InChI=1S/C14H18N4O2/c1-3-9-12(15)13(18-17-9)14(19)16-10-7-5-6-8-11(10)20-4-2/h5-8H,3-4,15H2,1-2H3,(H,16,19)(H,17,18). The van der Waals surface area contributed by atoms with Gasteiger partial charge in [0, 0.05) is 0 Å². The molecule has 0 saturated carbocycles. The Morgan fingerprint density at radius 3 is 2.80 bits per heavy atom. The molecule has 1 heterocycles. The number of nitrogen functional groups attached to an aromatic ring is 1. The SMILES string of the molecule is CCOc1ccccc1NC(=O)c1n[nH]c(CC)c1N. The van der Waals surface area contributed by atoms with Crippen LogP contribution >= 0.6 is 0 Å². The summed E-state index contributed by atoms with van der Waals surface area (Å²) in [6.45, 7) is 4.35. The first-order chi connectivity index (χ1) is 9.67. The van der Waals surface area contributed by atoms with Gasteiger partial charge in [0.15, 0.2) is 5.69 Å². The van der Waals surface area contributed by atoms with Gasteiger partial charge in [-0.1, -0.05) is 19.1 Å². The number of aromatic amines is 1. The predicted molar refractivity (Wildman–Crippen MR) is 77.9 cm³/mol. The molecule has 2 rings (SSSR count). The van der Waals surface area contributed by atoms with Crippen LogP contribution in [0.2, 0.25) is 0 Å². The van der Waals surface area contributed by atoms with Crippen LogP contribution in [0.4, 0.5) is 11.4 Å². The fraction of sp³-hybridized carbons (Fsp3) is 0.286. The number of carbonyl (C=O) groups excluding carboxylic acids is 1. The van der Waals surface area contributed by atoms with Crippen molar-refractivity contribution in [3.63, 3.8) is 0 Å². The molecule has 0 atom stereocenters. The van der Waals surface area contributed by atoms with Gasteiger partial charge in [0.05, 0.1) is 23.7 Å². The Balaban J connectivity index is 2.21. The van der Waals surface area contributed by atoms with E-state index in [0.29, 0.717) is 30.2 Å². The van der Waals surface area contributed by atoms with Crippen LogP contribution in [0.15, 0.2) is 24.3 Å². The average molecular weight is 274 g/mol. The predicted octanol–water partition coefficient (Wildman–Crippen LogP) is 2.21. The molecule has 0 saturated heterocycles. The summed E-state index contributed by atoms with van der Waals surface area (Å²) in [7, 11) is 0. The van der Waals surface area contributed by atoms with E-state index in [2.05, 4.69) is 15.5 Å². The van der Waals surface area contributed by atoms with E-state index in [1.54, 1.807) is 12.1 Å². The molecule has 0 aliphatic rings. The number of aryl methyl sites for hydroxylation is 1. The van der Waals surface area contributed by atoms with E-state index in [0.717, 1.165) is 5.69 Å². The van der Waals surface area contributed by atoms with Crippen molar-refractivity contribution in [3.8, 4) is 5.75 Å². The zero-order chi connectivity index (χ0) is 14.5. The van der Waals surface area contributed by atoms with Gasteiger partial charge in [-0.15, -0.1) is 0 Å². The largest absolute Gasteiger partial charge is 0.492 e. The van der Waals surface area contributed by atoms with Gasteiger partial charge in [-0.05, 0) is 25.5 Å². The molecular formula is C14H18N4O2. The summed E-state index contributed by atoms with van der Waals surface area (Å²) in [4.78, 5) is 12.2. The van der Waals surface area contributed by atoms with Crippen LogP contribution in [0.5, 0.6) is 5.75 Å². The summed E-state index contributed by atoms with van der Waals surface area (Å²) in [5, 5.41) is 9.48.